The van der Waals surface area contributed by atoms with Gasteiger partial charge in [0.15, 0.2) is 11.0 Å². The lowest BCUT2D eigenvalue weighted by Gasteiger charge is -2.14. The Hall–Kier alpha value is -3.04. The van der Waals surface area contributed by atoms with Crippen LogP contribution in [0.1, 0.15) is 17.7 Å². The van der Waals surface area contributed by atoms with E-state index in [9.17, 15) is 9.59 Å². The molecule has 8 nitrogen and oxygen atoms in total. The molecule has 3 aromatic rings. The summed E-state index contributed by atoms with van der Waals surface area (Å²) in [6, 6.07) is 6.91. The molecule has 1 aliphatic carbocycles. The summed E-state index contributed by atoms with van der Waals surface area (Å²) >= 11 is 7.62. The van der Waals surface area contributed by atoms with Crippen LogP contribution in [0, 0.1) is 0 Å². The van der Waals surface area contributed by atoms with E-state index in [0.29, 0.717) is 16.0 Å². The zero-order chi connectivity index (χ0) is 20.4. The minimum atomic E-state index is -0.972. The van der Waals surface area contributed by atoms with Crippen molar-refractivity contribution in [2.24, 2.45) is 0 Å². The van der Waals surface area contributed by atoms with Crippen LogP contribution in [0.15, 0.2) is 30.5 Å². The Morgan fingerprint density at radius 1 is 1.21 bits per heavy atom. The monoisotopic (exact) mass is 429 g/mol. The molecule has 0 bridgehead atoms. The number of aryl methyl sites for hydroxylation is 2. The highest BCUT2D eigenvalue weighted by Crippen LogP contribution is 2.39. The summed E-state index contributed by atoms with van der Waals surface area (Å²) in [6.07, 6.45) is 3.17. The molecule has 0 fully saturated rings. The molecule has 4 rings (SSSR count). The Balaban J connectivity index is 1.58. The first-order chi connectivity index (χ1) is 14.0. The average molecular weight is 430 g/mol. The fourth-order valence-electron chi connectivity index (χ4n) is 3.00. The Morgan fingerprint density at radius 2 is 2.03 bits per heavy atom. The maximum absolute atomic E-state index is 11.9. The SMILES string of the molecule is O=C(O)CCNC(=O)Nc1nc2c(s1)-c1nc(-c3ccccc3Cl)ncc1CC2. The van der Waals surface area contributed by atoms with E-state index in [1.54, 1.807) is 6.07 Å². The zero-order valence-corrected chi connectivity index (χ0v) is 16.7. The van der Waals surface area contributed by atoms with Crippen molar-refractivity contribution < 1.29 is 14.7 Å². The smallest absolute Gasteiger partial charge is 0.321 e. The summed E-state index contributed by atoms with van der Waals surface area (Å²) in [6.45, 7) is 0.0451. The second-order valence-electron chi connectivity index (χ2n) is 6.37. The number of benzene rings is 1. The molecule has 0 radical (unpaired) electrons. The number of urea groups is 1. The number of halogens is 1. The standard InChI is InChI=1S/C19H16ClN5O3S/c20-12-4-2-1-3-11(12)17-22-9-10-5-6-13-16(15(10)24-17)29-19(23-13)25-18(28)21-8-7-14(26)27/h1-4,9H,5-8H2,(H,26,27)(H2,21,23,25,28). The van der Waals surface area contributed by atoms with Gasteiger partial charge in [0, 0.05) is 18.3 Å². The first-order valence-corrected chi connectivity index (χ1v) is 10.1. The van der Waals surface area contributed by atoms with Crippen molar-refractivity contribution in [2.45, 2.75) is 19.3 Å². The van der Waals surface area contributed by atoms with Gasteiger partial charge >= 0.3 is 12.0 Å². The van der Waals surface area contributed by atoms with Crippen LogP contribution in [0.4, 0.5) is 9.93 Å². The lowest BCUT2D eigenvalue weighted by molar-refractivity contribution is -0.136. The summed E-state index contributed by atoms with van der Waals surface area (Å²) in [5.41, 5.74) is 3.44. The van der Waals surface area contributed by atoms with Gasteiger partial charge < -0.3 is 10.4 Å². The Bertz CT molecular complexity index is 1100. The number of thiazole rings is 1. The summed E-state index contributed by atoms with van der Waals surface area (Å²) < 4.78 is 0. The molecule has 148 valence electrons. The summed E-state index contributed by atoms with van der Waals surface area (Å²) in [7, 11) is 0. The van der Waals surface area contributed by atoms with Crippen LogP contribution < -0.4 is 10.6 Å². The van der Waals surface area contributed by atoms with Gasteiger partial charge in [-0.1, -0.05) is 35.1 Å². The topological polar surface area (TPSA) is 117 Å². The number of hydrogen-bond acceptors (Lipinski definition) is 6. The van der Waals surface area contributed by atoms with Crippen molar-refractivity contribution in [3.05, 3.63) is 46.7 Å². The molecule has 10 heteroatoms. The fraction of sp³-hybridized carbons (Fsp3) is 0.211. The second kappa shape index (κ2) is 8.14. The Labute approximate surface area is 175 Å². The van der Waals surface area contributed by atoms with Gasteiger partial charge in [-0.15, -0.1) is 0 Å². The van der Waals surface area contributed by atoms with Crippen LogP contribution in [-0.2, 0) is 17.6 Å². The number of carbonyl (C=O) groups excluding carboxylic acids is 1. The molecule has 0 saturated carbocycles. The molecular formula is C19H16ClN5O3S. The minimum absolute atomic E-state index is 0.0451. The number of fused-ring (bicyclic) bond motifs is 3. The van der Waals surface area contributed by atoms with E-state index in [1.165, 1.54) is 11.3 Å². The quantitative estimate of drug-likeness (QED) is 0.570. The highest BCUT2D eigenvalue weighted by molar-refractivity contribution is 7.19. The van der Waals surface area contributed by atoms with Crippen molar-refractivity contribution in [3.8, 4) is 22.0 Å². The molecule has 0 spiro atoms. The molecule has 29 heavy (non-hydrogen) atoms. The van der Waals surface area contributed by atoms with E-state index in [2.05, 4.69) is 20.6 Å². The van der Waals surface area contributed by atoms with Gasteiger partial charge in [-0.25, -0.2) is 19.7 Å². The highest BCUT2D eigenvalue weighted by atomic mass is 35.5. The Morgan fingerprint density at radius 3 is 2.83 bits per heavy atom. The lowest BCUT2D eigenvalue weighted by atomic mass is 9.99. The van der Waals surface area contributed by atoms with Crippen LogP contribution in [0.3, 0.4) is 0 Å². The number of amides is 2. The second-order valence-corrected chi connectivity index (χ2v) is 7.77. The predicted octanol–water partition coefficient (Wildman–Crippen LogP) is 3.62. The van der Waals surface area contributed by atoms with Gasteiger partial charge in [-0.3, -0.25) is 10.1 Å². The van der Waals surface area contributed by atoms with Crippen LogP contribution in [0.2, 0.25) is 5.02 Å². The van der Waals surface area contributed by atoms with Crippen LogP contribution in [0.5, 0.6) is 0 Å². The molecule has 1 aromatic carbocycles. The van der Waals surface area contributed by atoms with Gasteiger partial charge in [0.2, 0.25) is 0 Å². The van der Waals surface area contributed by atoms with Crippen molar-refractivity contribution >= 4 is 40.1 Å². The molecule has 0 atom stereocenters. The van der Waals surface area contributed by atoms with E-state index in [0.717, 1.165) is 40.2 Å². The number of hydrogen-bond donors (Lipinski definition) is 3. The molecular weight excluding hydrogens is 414 g/mol. The van der Waals surface area contributed by atoms with Crippen LogP contribution >= 0.6 is 22.9 Å². The van der Waals surface area contributed by atoms with E-state index in [1.807, 2.05) is 24.4 Å². The van der Waals surface area contributed by atoms with Crippen molar-refractivity contribution in [1.29, 1.82) is 0 Å². The summed E-state index contributed by atoms with van der Waals surface area (Å²) in [5.74, 6) is -0.433. The van der Waals surface area contributed by atoms with E-state index in [4.69, 9.17) is 21.7 Å². The number of nitrogens with zero attached hydrogens (tertiary/aromatic N) is 3. The number of anilines is 1. The zero-order valence-electron chi connectivity index (χ0n) is 15.1. The normalized spacial score (nSPS) is 12.0. The average Bonchev–Trinajstić information content (AvgIpc) is 3.10. The fourth-order valence-corrected chi connectivity index (χ4v) is 4.25. The van der Waals surface area contributed by atoms with E-state index in [-0.39, 0.29) is 13.0 Å². The number of rotatable bonds is 5. The predicted molar refractivity (Wildman–Crippen MR) is 110 cm³/mol. The minimum Gasteiger partial charge on any atom is -0.481 e. The lowest BCUT2D eigenvalue weighted by Crippen LogP contribution is -2.30. The van der Waals surface area contributed by atoms with Crippen LogP contribution in [0.25, 0.3) is 22.0 Å². The van der Waals surface area contributed by atoms with Crippen molar-refractivity contribution in [1.82, 2.24) is 20.3 Å². The number of carbonyl (C=O) groups is 2. The Kier molecular flexibility index (Phi) is 5.41. The van der Waals surface area contributed by atoms with Crippen LogP contribution in [-0.4, -0.2) is 38.6 Å². The molecule has 0 aliphatic heterocycles. The van der Waals surface area contributed by atoms with Gasteiger partial charge in [-0.05, 0) is 30.5 Å². The van der Waals surface area contributed by atoms with Gasteiger partial charge in [0.05, 0.1) is 27.7 Å². The third kappa shape index (κ3) is 4.20. The number of aromatic nitrogens is 3. The first-order valence-electron chi connectivity index (χ1n) is 8.89. The van der Waals surface area contributed by atoms with Crippen molar-refractivity contribution in [3.63, 3.8) is 0 Å². The van der Waals surface area contributed by atoms with E-state index < -0.39 is 12.0 Å². The summed E-state index contributed by atoms with van der Waals surface area (Å²) in [5, 5.41) is 14.8. The molecule has 2 heterocycles. The number of carboxylic acid groups (broad SMARTS) is 1. The molecule has 0 unspecified atom stereocenters. The van der Waals surface area contributed by atoms with E-state index >= 15 is 0 Å². The highest BCUT2D eigenvalue weighted by Gasteiger charge is 2.24. The maximum atomic E-state index is 11.9. The number of carboxylic acids is 1. The molecule has 1 aliphatic rings. The molecule has 2 amide bonds. The van der Waals surface area contributed by atoms with Gasteiger partial charge in [0.1, 0.15) is 0 Å². The largest absolute Gasteiger partial charge is 0.481 e. The number of nitrogens with one attached hydrogen (secondary N) is 2. The molecule has 3 N–H and O–H groups in total. The van der Waals surface area contributed by atoms with Gasteiger partial charge in [-0.2, -0.15) is 0 Å². The maximum Gasteiger partial charge on any atom is 0.321 e. The molecule has 0 saturated heterocycles. The summed E-state index contributed by atoms with van der Waals surface area (Å²) in [4.78, 5) is 37.1. The number of aliphatic carboxylic acids is 1. The molecule has 2 aromatic heterocycles. The van der Waals surface area contributed by atoms with Gasteiger partial charge in [0.25, 0.3) is 0 Å². The third-order valence-corrected chi connectivity index (χ3v) is 5.72. The first kappa shape index (κ1) is 19.3. The van der Waals surface area contributed by atoms with Crippen molar-refractivity contribution in [2.75, 3.05) is 11.9 Å². The third-order valence-electron chi connectivity index (χ3n) is 4.37.